The summed E-state index contributed by atoms with van der Waals surface area (Å²) in [4.78, 5) is 16.7. The zero-order valence-corrected chi connectivity index (χ0v) is 14.6. The maximum atomic E-state index is 13.5. The molecule has 0 aliphatic carbocycles. The van der Waals surface area contributed by atoms with Crippen LogP contribution in [0.2, 0.25) is 0 Å². The van der Waals surface area contributed by atoms with Crippen LogP contribution in [0.3, 0.4) is 0 Å². The molecule has 5 nitrogen and oxygen atoms in total. The van der Waals surface area contributed by atoms with E-state index in [1.807, 2.05) is 36.4 Å². The van der Waals surface area contributed by atoms with E-state index in [0.29, 0.717) is 17.1 Å². The molecule has 0 unspecified atom stereocenters. The van der Waals surface area contributed by atoms with E-state index < -0.39 is 0 Å². The molecule has 0 fully saturated rings. The fourth-order valence-electron chi connectivity index (χ4n) is 2.83. The van der Waals surface area contributed by atoms with Crippen LogP contribution in [0.25, 0.3) is 16.6 Å². The van der Waals surface area contributed by atoms with Crippen LogP contribution in [-0.2, 0) is 6.61 Å². The number of aromatic nitrogens is 3. The molecule has 0 saturated carbocycles. The summed E-state index contributed by atoms with van der Waals surface area (Å²) in [7, 11) is 0. The first-order valence-corrected chi connectivity index (χ1v) is 8.44. The first kappa shape index (κ1) is 16.9. The minimum Gasteiger partial charge on any atom is -0.467 e. The monoisotopic (exact) mass is 361 g/mol. The highest BCUT2D eigenvalue weighted by molar-refractivity contribution is 5.78. The molecule has 0 aliphatic rings. The summed E-state index contributed by atoms with van der Waals surface area (Å²) < 4.78 is 20.6. The van der Waals surface area contributed by atoms with E-state index >= 15 is 0 Å². The number of halogens is 1. The van der Waals surface area contributed by atoms with E-state index in [-0.39, 0.29) is 23.7 Å². The Morgan fingerprint density at radius 2 is 1.89 bits per heavy atom. The number of pyridine rings is 1. The third-order valence-corrected chi connectivity index (χ3v) is 4.14. The Balaban J connectivity index is 1.63. The summed E-state index contributed by atoms with van der Waals surface area (Å²) in [6.07, 6.45) is 0. The van der Waals surface area contributed by atoms with E-state index in [4.69, 9.17) is 4.74 Å². The lowest BCUT2D eigenvalue weighted by Gasteiger charge is -2.12. The van der Waals surface area contributed by atoms with Gasteiger partial charge in [-0.3, -0.25) is 4.79 Å². The summed E-state index contributed by atoms with van der Waals surface area (Å²) in [6.45, 7) is 1.84. The zero-order valence-electron chi connectivity index (χ0n) is 14.6. The van der Waals surface area contributed by atoms with Gasteiger partial charge in [-0.15, -0.1) is 5.10 Å². The van der Waals surface area contributed by atoms with Crippen LogP contribution < -0.4 is 10.2 Å². The van der Waals surface area contributed by atoms with E-state index in [1.54, 1.807) is 19.1 Å². The standard InChI is InChI=1S/C21H16FN3O2/c1-14-11-20(26)21(24-25(14)18-7-4-6-16(22)12-18)27-13-17-10-9-15-5-2-3-8-19(15)23-17/h2-12H,13H2,1H3. The Hall–Kier alpha value is -3.54. The van der Waals surface area contributed by atoms with Crippen LogP contribution in [0.1, 0.15) is 11.4 Å². The third kappa shape index (κ3) is 3.55. The molecular weight excluding hydrogens is 345 g/mol. The van der Waals surface area contributed by atoms with Gasteiger partial charge in [0.15, 0.2) is 0 Å². The van der Waals surface area contributed by atoms with E-state index in [1.165, 1.54) is 22.9 Å². The largest absolute Gasteiger partial charge is 0.467 e. The molecule has 0 amide bonds. The Morgan fingerprint density at radius 1 is 1.04 bits per heavy atom. The number of nitrogens with zero attached hydrogens (tertiary/aromatic N) is 3. The maximum Gasteiger partial charge on any atom is 0.280 e. The molecule has 0 radical (unpaired) electrons. The SMILES string of the molecule is Cc1cc(=O)c(OCc2ccc3ccccc3n2)nn1-c1cccc(F)c1. The molecule has 0 saturated heterocycles. The van der Waals surface area contributed by atoms with Crippen LogP contribution in [0.15, 0.2) is 71.5 Å². The van der Waals surface area contributed by atoms with Crippen LogP contribution in [0, 0.1) is 12.7 Å². The second-order valence-electron chi connectivity index (χ2n) is 6.13. The van der Waals surface area contributed by atoms with Gasteiger partial charge in [0.2, 0.25) is 5.43 Å². The van der Waals surface area contributed by atoms with Crippen molar-refractivity contribution >= 4 is 10.9 Å². The fourth-order valence-corrected chi connectivity index (χ4v) is 2.83. The number of hydrogen-bond acceptors (Lipinski definition) is 4. The van der Waals surface area contributed by atoms with Crippen molar-refractivity contribution in [2.24, 2.45) is 0 Å². The van der Waals surface area contributed by atoms with Crippen LogP contribution in [0.4, 0.5) is 4.39 Å². The van der Waals surface area contributed by atoms with Gasteiger partial charge >= 0.3 is 0 Å². The molecule has 2 heterocycles. The Bertz CT molecular complexity index is 1190. The molecule has 4 aromatic rings. The average Bonchev–Trinajstić information content (AvgIpc) is 2.67. The first-order valence-electron chi connectivity index (χ1n) is 8.44. The number of para-hydroxylation sites is 1. The quantitative estimate of drug-likeness (QED) is 0.555. The summed E-state index contributed by atoms with van der Waals surface area (Å²) in [5.41, 5.74) is 2.31. The molecule has 134 valence electrons. The van der Waals surface area contributed by atoms with Crippen LogP contribution in [0.5, 0.6) is 5.88 Å². The molecule has 0 atom stereocenters. The topological polar surface area (TPSA) is 57.0 Å². The van der Waals surface area contributed by atoms with Gasteiger partial charge < -0.3 is 4.74 Å². The molecule has 6 heteroatoms. The van der Waals surface area contributed by atoms with Gasteiger partial charge in [0.1, 0.15) is 12.4 Å². The number of rotatable bonds is 4. The lowest BCUT2D eigenvalue weighted by atomic mass is 10.2. The lowest BCUT2D eigenvalue weighted by molar-refractivity contribution is 0.280. The Morgan fingerprint density at radius 3 is 2.74 bits per heavy atom. The maximum absolute atomic E-state index is 13.5. The Labute approximate surface area is 154 Å². The molecule has 0 N–H and O–H groups in total. The molecule has 0 aliphatic heterocycles. The van der Waals surface area contributed by atoms with Crippen molar-refractivity contribution in [3.63, 3.8) is 0 Å². The lowest BCUT2D eigenvalue weighted by Crippen LogP contribution is -2.17. The van der Waals surface area contributed by atoms with Crippen molar-refractivity contribution in [1.82, 2.24) is 14.8 Å². The van der Waals surface area contributed by atoms with Gasteiger partial charge in [0, 0.05) is 17.1 Å². The van der Waals surface area contributed by atoms with Crippen molar-refractivity contribution < 1.29 is 9.13 Å². The minimum atomic E-state index is -0.379. The van der Waals surface area contributed by atoms with Crippen molar-refractivity contribution in [2.75, 3.05) is 0 Å². The van der Waals surface area contributed by atoms with Gasteiger partial charge in [-0.05, 0) is 37.3 Å². The molecule has 4 rings (SSSR count). The predicted molar refractivity (Wildman–Crippen MR) is 101 cm³/mol. The van der Waals surface area contributed by atoms with Gasteiger partial charge in [-0.1, -0.05) is 30.3 Å². The summed E-state index contributed by atoms with van der Waals surface area (Å²) in [5.74, 6) is -0.435. The normalized spacial score (nSPS) is 10.9. The van der Waals surface area contributed by atoms with Crippen molar-refractivity contribution in [3.8, 4) is 11.6 Å². The fraction of sp³-hybridized carbons (Fsp3) is 0.0952. The summed E-state index contributed by atoms with van der Waals surface area (Å²) in [5, 5.41) is 5.28. The average molecular weight is 361 g/mol. The number of hydrogen-bond donors (Lipinski definition) is 0. The molecule has 0 bridgehead atoms. The minimum absolute atomic E-state index is 0.0557. The second kappa shape index (κ2) is 6.99. The molecule has 27 heavy (non-hydrogen) atoms. The zero-order chi connectivity index (χ0) is 18.8. The highest BCUT2D eigenvalue weighted by Gasteiger charge is 2.10. The van der Waals surface area contributed by atoms with Crippen molar-refractivity contribution in [1.29, 1.82) is 0 Å². The number of ether oxygens (including phenoxy) is 1. The summed E-state index contributed by atoms with van der Waals surface area (Å²) in [6, 6.07) is 19.0. The van der Waals surface area contributed by atoms with Gasteiger partial charge in [-0.25, -0.2) is 14.1 Å². The van der Waals surface area contributed by atoms with Crippen LogP contribution >= 0.6 is 0 Å². The number of fused-ring (bicyclic) bond motifs is 1. The van der Waals surface area contributed by atoms with Crippen molar-refractivity contribution in [3.05, 3.63) is 94.2 Å². The first-order chi connectivity index (χ1) is 13.1. The molecule has 2 aromatic carbocycles. The number of benzene rings is 2. The second-order valence-corrected chi connectivity index (χ2v) is 6.13. The van der Waals surface area contributed by atoms with E-state index in [0.717, 1.165) is 10.9 Å². The van der Waals surface area contributed by atoms with Gasteiger partial charge in [-0.2, -0.15) is 0 Å². The molecule has 2 aromatic heterocycles. The summed E-state index contributed by atoms with van der Waals surface area (Å²) >= 11 is 0. The predicted octanol–water partition coefficient (Wildman–Crippen LogP) is 3.81. The van der Waals surface area contributed by atoms with Gasteiger partial charge in [0.25, 0.3) is 5.88 Å². The smallest absolute Gasteiger partial charge is 0.280 e. The molecule has 0 spiro atoms. The van der Waals surface area contributed by atoms with Crippen molar-refractivity contribution in [2.45, 2.75) is 13.5 Å². The van der Waals surface area contributed by atoms with Crippen LogP contribution in [-0.4, -0.2) is 14.8 Å². The van der Waals surface area contributed by atoms with Gasteiger partial charge in [0.05, 0.1) is 16.9 Å². The Kier molecular flexibility index (Phi) is 4.38. The third-order valence-electron chi connectivity index (χ3n) is 4.14. The van der Waals surface area contributed by atoms with E-state index in [2.05, 4.69) is 10.1 Å². The highest BCUT2D eigenvalue weighted by atomic mass is 19.1. The van der Waals surface area contributed by atoms with E-state index in [9.17, 15) is 9.18 Å². The highest BCUT2D eigenvalue weighted by Crippen LogP contribution is 2.15. The number of aryl methyl sites for hydroxylation is 1. The molecular formula is C21H16FN3O2.